The van der Waals surface area contributed by atoms with Crippen LogP contribution in [0.1, 0.15) is 36.1 Å². The Bertz CT molecular complexity index is 1590. The number of nitrogens with zero attached hydrogens (tertiary/aromatic N) is 6. The van der Waals surface area contributed by atoms with Crippen molar-refractivity contribution in [1.29, 1.82) is 10.5 Å². The molecule has 0 amide bonds. The Labute approximate surface area is 387 Å². The van der Waals surface area contributed by atoms with Crippen molar-refractivity contribution in [3.8, 4) is 35.1 Å². The van der Waals surface area contributed by atoms with Gasteiger partial charge in [0.05, 0.1) is 12.1 Å². The van der Waals surface area contributed by atoms with Crippen molar-refractivity contribution < 1.29 is 68.5 Å². The monoisotopic (exact) mass is 948 g/mol. The van der Waals surface area contributed by atoms with E-state index in [1.54, 1.807) is 60.7 Å². The van der Waals surface area contributed by atoms with Crippen LogP contribution >= 0.6 is 46.4 Å². The molecular formula is C40H46Cl4N6O6V2. The largest absolute Gasteiger partial charge is 4.00 e. The summed E-state index contributed by atoms with van der Waals surface area (Å²) in [7, 11) is 7.80. The maximum Gasteiger partial charge on any atom is 4.00 e. The Morgan fingerprint density at radius 3 is 0.741 bits per heavy atom. The van der Waals surface area contributed by atoms with Gasteiger partial charge in [0.2, 0.25) is 0 Å². The van der Waals surface area contributed by atoms with Crippen LogP contribution in [0, 0.1) is 22.7 Å². The molecule has 0 saturated carbocycles. The quantitative estimate of drug-likeness (QED) is 0.139. The van der Waals surface area contributed by atoms with Gasteiger partial charge in [-0.2, -0.15) is 10.5 Å². The summed E-state index contributed by atoms with van der Waals surface area (Å²) < 4.78 is 0. The molecule has 12 nitrogen and oxygen atoms in total. The normalized spacial score (nSPS) is 9.72. The molecule has 18 heteroatoms. The molecular weight excluding hydrogens is 904 g/mol. The van der Waals surface area contributed by atoms with E-state index in [4.69, 9.17) is 56.9 Å². The predicted molar refractivity (Wildman–Crippen MR) is 213 cm³/mol. The number of benzene rings is 4. The predicted octanol–water partition coefficient (Wildman–Crippen LogP) is 6.23. The number of hydrogen-bond donors (Lipinski definition) is 0. The van der Waals surface area contributed by atoms with Crippen molar-refractivity contribution in [2.24, 2.45) is 0 Å². The fraction of sp³-hybridized carbons (Fsp3) is 0.350. The zero-order valence-corrected chi connectivity index (χ0v) is 38.9. The number of likely N-dealkylation sites (N-methyl/N-ethyl adjacent to an activating group) is 4. The second-order valence-corrected chi connectivity index (χ2v) is 14.2. The third-order valence-electron chi connectivity index (χ3n) is 7.58. The van der Waals surface area contributed by atoms with Gasteiger partial charge < -0.3 is 51.0 Å². The van der Waals surface area contributed by atoms with Gasteiger partial charge in [-0.05, 0) is 99.0 Å². The molecule has 0 saturated heterocycles. The molecule has 0 aliphatic carbocycles. The molecule has 310 valence electrons. The summed E-state index contributed by atoms with van der Waals surface area (Å²) in [5.74, 6) is -0.0203. The van der Waals surface area contributed by atoms with Crippen LogP contribution in [0.5, 0.6) is 23.0 Å². The molecule has 0 fully saturated rings. The molecule has 0 aromatic heterocycles. The Kier molecular flexibility index (Phi) is 36.2. The molecule has 4 aromatic rings. The summed E-state index contributed by atoms with van der Waals surface area (Å²) in [6, 6.07) is 22.7. The first-order valence-electron chi connectivity index (χ1n) is 16.7. The van der Waals surface area contributed by atoms with Crippen LogP contribution in [0.2, 0.25) is 20.1 Å². The van der Waals surface area contributed by atoms with Gasteiger partial charge in [0.25, 0.3) is 0 Å². The van der Waals surface area contributed by atoms with Gasteiger partial charge in [-0.3, -0.25) is 0 Å². The fourth-order valence-corrected chi connectivity index (χ4v) is 5.63. The number of halogens is 4. The smallest absolute Gasteiger partial charge is 2.00 e. The summed E-state index contributed by atoms with van der Waals surface area (Å²) in [4.78, 5) is 8.22. The summed E-state index contributed by atoms with van der Waals surface area (Å²) in [5, 5.41) is 64.2. The van der Waals surface area contributed by atoms with Gasteiger partial charge in [-0.25, -0.2) is 0 Å². The van der Waals surface area contributed by atoms with E-state index in [0.717, 1.165) is 26.2 Å². The van der Waals surface area contributed by atoms with Crippen LogP contribution in [0.3, 0.4) is 0 Å². The van der Waals surface area contributed by atoms with Crippen LogP contribution in [-0.4, -0.2) is 74.0 Å². The fourth-order valence-electron chi connectivity index (χ4n) is 4.85. The minimum atomic E-state index is -0.00507. The molecule has 0 aliphatic heterocycles. The topological polar surface area (TPSA) is 210 Å². The molecule has 0 bridgehead atoms. The summed E-state index contributed by atoms with van der Waals surface area (Å²) >= 11 is 23.8. The maximum atomic E-state index is 11.8. The summed E-state index contributed by atoms with van der Waals surface area (Å²) in [5.41, 5.74) is 2.74. The molecule has 0 aliphatic rings. The number of nitriles is 2. The van der Waals surface area contributed by atoms with Crippen molar-refractivity contribution in [2.75, 3.05) is 54.4 Å². The van der Waals surface area contributed by atoms with Crippen LogP contribution in [-0.2, 0) is 74.2 Å². The minimum Gasteiger partial charge on any atom is -2.00 e. The average molecular weight is 951 g/mol. The first-order valence-corrected chi connectivity index (χ1v) is 18.2. The van der Waals surface area contributed by atoms with E-state index in [0.29, 0.717) is 68.5 Å². The van der Waals surface area contributed by atoms with Crippen molar-refractivity contribution in [3.63, 3.8) is 0 Å². The van der Waals surface area contributed by atoms with E-state index in [9.17, 15) is 20.4 Å². The van der Waals surface area contributed by atoms with Crippen LogP contribution < -0.4 is 20.4 Å². The van der Waals surface area contributed by atoms with E-state index < -0.39 is 0 Å². The standard InChI is InChI=1S/2C18H22Cl2N2O2.2C2H3N.2O.2V/c2*1-21(11-13-9-15(19)3-5-17(13)23)7-8-22(2)12-14-10-16(20)4-6-18(14)24;2*1-2-3;;;;/h2*3-6,9-10,23-24H,7-8,11-12H2,1-2H3;2*1H3;;;;/q;;;;2*-2;2*+4/p-4. The molecule has 2 radical (unpaired) electrons. The summed E-state index contributed by atoms with van der Waals surface area (Å²) in [6.07, 6.45) is 0. The van der Waals surface area contributed by atoms with Gasteiger partial charge in [-0.1, -0.05) is 70.7 Å². The zero-order valence-electron chi connectivity index (χ0n) is 33.1. The molecule has 0 atom stereocenters. The van der Waals surface area contributed by atoms with Gasteiger partial charge in [-0.15, -0.1) is 23.0 Å². The van der Waals surface area contributed by atoms with E-state index in [-0.39, 0.29) is 71.1 Å². The van der Waals surface area contributed by atoms with Crippen LogP contribution in [0.15, 0.2) is 72.8 Å². The van der Waals surface area contributed by atoms with E-state index >= 15 is 0 Å². The van der Waals surface area contributed by atoms with E-state index in [1.165, 1.54) is 38.1 Å². The number of rotatable bonds is 14. The van der Waals surface area contributed by atoms with E-state index in [2.05, 4.69) is 19.6 Å². The van der Waals surface area contributed by atoms with Crippen molar-refractivity contribution >= 4 is 46.4 Å². The first-order chi connectivity index (χ1) is 25.5. The Hall–Kier alpha value is -2.85. The molecule has 0 unspecified atom stereocenters. The van der Waals surface area contributed by atoms with Gasteiger partial charge in [0.15, 0.2) is 0 Å². The summed E-state index contributed by atoms with van der Waals surface area (Å²) in [6.45, 7) is 8.06. The third-order valence-corrected chi connectivity index (χ3v) is 8.52. The minimum absolute atomic E-state index is 0. The van der Waals surface area contributed by atoms with Gasteiger partial charge >= 0.3 is 37.1 Å². The third kappa shape index (κ3) is 25.6. The second-order valence-electron chi connectivity index (χ2n) is 12.4. The average Bonchev–Trinajstić information content (AvgIpc) is 3.10. The van der Waals surface area contributed by atoms with Crippen molar-refractivity contribution in [3.05, 3.63) is 115 Å². The van der Waals surface area contributed by atoms with Gasteiger partial charge in [0.1, 0.15) is 0 Å². The van der Waals surface area contributed by atoms with Crippen molar-refractivity contribution in [1.82, 2.24) is 19.6 Å². The molecule has 0 spiro atoms. The van der Waals surface area contributed by atoms with E-state index in [1.807, 2.05) is 28.2 Å². The Morgan fingerprint density at radius 1 is 0.431 bits per heavy atom. The molecule has 4 rings (SSSR count). The maximum absolute atomic E-state index is 11.8. The SMILES string of the molecule is CC#N.CC#N.CN(CCN(C)Cc1cc(Cl)ccc1[O-])Cc1cc(Cl)ccc1[O-].CN(CCN(C)Cc1cc(Cl)ccc1[O-])Cc1cc(Cl)ccc1[O-].[O-2].[O-2].[V+4].[V+4]. The molecule has 58 heavy (non-hydrogen) atoms. The van der Waals surface area contributed by atoms with Gasteiger partial charge in [0, 0.05) is 86.3 Å². The molecule has 0 N–H and O–H groups in total. The van der Waals surface area contributed by atoms with Crippen molar-refractivity contribution in [2.45, 2.75) is 40.0 Å². The van der Waals surface area contributed by atoms with Crippen LogP contribution in [0.4, 0.5) is 0 Å². The zero-order chi connectivity index (χ0) is 40.8. The second kappa shape index (κ2) is 33.9. The van der Waals surface area contributed by atoms with Crippen LogP contribution in [0.25, 0.3) is 0 Å². The first kappa shape index (κ1) is 61.8. The molecule has 0 heterocycles. The molecule has 4 aromatic carbocycles. The number of hydrogen-bond acceptors (Lipinski definition) is 10. The Balaban J connectivity index is -0.000000417. The Morgan fingerprint density at radius 2 is 0.586 bits per heavy atom.